The number of halogens is 3. The third kappa shape index (κ3) is 2.90. The molecular weight excluding hydrogens is 257 g/mol. The van der Waals surface area contributed by atoms with Crippen molar-refractivity contribution >= 4 is 11.6 Å². The summed E-state index contributed by atoms with van der Waals surface area (Å²) in [5.41, 5.74) is 0.114. The molecule has 0 fully saturated rings. The van der Waals surface area contributed by atoms with Gasteiger partial charge in [0, 0.05) is 11.8 Å². The Kier molecular flexibility index (Phi) is 3.50. The van der Waals surface area contributed by atoms with E-state index in [0.29, 0.717) is 17.3 Å². The van der Waals surface area contributed by atoms with Crippen molar-refractivity contribution in [3.63, 3.8) is 0 Å². The van der Waals surface area contributed by atoms with Crippen molar-refractivity contribution in [2.75, 3.05) is 5.32 Å². The lowest BCUT2D eigenvalue weighted by molar-refractivity contribution is 0.101. The van der Waals surface area contributed by atoms with Crippen LogP contribution in [0.2, 0.25) is 0 Å². The second-order valence-corrected chi connectivity index (χ2v) is 3.90. The van der Waals surface area contributed by atoms with Gasteiger partial charge in [0.15, 0.2) is 11.5 Å². The Labute approximate surface area is 107 Å². The van der Waals surface area contributed by atoms with Crippen LogP contribution in [0.3, 0.4) is 0 Å². The van der Waals surface area contributed by atoms with Gasteiger partial charge in [0.05, 0.1) is 6.20 Å². The molecule has 1 aromatic carbocycles. The largest absolute Gasteiger partial charge is 0.321 e. The van der Waals surface area contributed by atoms with Gasteiger partial charge in [0.25, 0.3) is 5.91 Å². The molecule has 1 amide bonds. The van der Waals surface area contributed by atoms with Crippen molar-refractivity contribution in [3.05, 3.63) is 59.2 Å². The fourth-order valence-electron chi connectivity index (χ4n) is 1.49. The van der Waals surface area contributed by atoms with E-state index in [1.807, 2.05) is 0 Å². The highest BCUT2D eigenvalue weighted by Gasteiger charge is 2.14. The lowest BCUT2D eigenvalue weighted by Crippen LogP contribution is -2.16. The Morgan fingerprint density at radius 3 is 2.53 bits per heavy atom. The number of hydrogen-bond acceptors (Lipinski definition) is 2. The number of rotatable bonds is 2. The van der Waals surface area contributed by atoms with Crippen molar-refractivity contribution in [2.24, 2.45) is 0 Å². The van der Waals surface area contributed by atoms with Gasteiger partial charge in [-0.3, -0.25) is 4.79 Å². The van der Waals surface area contributed by atoms with Gasteiger partial charge < -0.3 is 5.32 Å². The van der Waals surface area contributed by atoms with E-state index in [1.54, 1.807) is 0 Å². The van der Waals surface area contributed by atoms with Gasteiger partial charge >= 0.3 is 0 Å². The molecule has 0 radical (unpaired) electrons. The molecule has 0 atom stereocenters. The second-order valence-electron chi connectivity index (χ2n) is 3.90. The molecular formula is C13H9F3N2O. The standard InChI is InChI=1S/C13H9F3N2O/c1-7-4-9(2-3-10(7)15)18-13(19)12-11(16)5-8(14)6-17-12/h2-6H,1H3,(H,18,19). The second kappa shape index (κ2) is 5.09. The maximum absolute atomic E-state index is 13.3. The summed E-state index contributed by atoms with van der Waals surface area (Å²) in [7, 11) is 0. The van der Waals surface area contributed by atoms with Crippen LogP contribution in [-0.2, 0) is 0 Å². The first-order valence-corrected chi connectivity index (χ1v) is 5.36. The lowest BCUT2D eigenvalue weighted by atomic mass is 10.2. The van der Waals surface area contributed by atoms with Crippen LogP contribution in [0.15, 0.2) is 30.5 Å². The van der Waals surface area contributed by atoms with Gasteiger partial charge in [0.2, 0.25) is 0 Å². The van der Waals surface area contributed by atoms with E-state index in [4.69, 9.17) is 0 Å². The van der Waals surface area contributed by atoms with Gasteiger partial charge in [-0.1, -0.05) is 0 Å². The van der Waals surface area contributed by atoms with Crippen LogP contribution in [0.5, 0.6) is 0 Å². The number of carbonyl (C=O) groups excluding carboxylic acids is 1. The minimum absolute atomic E-state index is 0.300. The van der Waals surface area contributed by atoms with E-state index in [-0.39, 0.29) is 0 Å². The molecule has 98 valence electrons. The highest BCUT2D eigenvalue weighted by Crippen LogP contribution is 2.15. The Hall–Kier alpha value is -2.37. The first-order valence-electron chi connectivity index (χ1n) is 5.36. The number of carbonyl (C=O) groups is 1. The maximum atomic E-state index is 13.3. The van der Waals surface area contributed by atoms with Crippen LogP contribution in [0.4, 0.5) is 18.9 Å². The molecule has 0 aliphatic heterocycles. The number of hydrogen-bond donors (Lipinski definition) is 1. The minimum atomic E-state index is -1.06. The summed E-state index contributed by atoms with van der Waals surface area (Å²) in [6.45, 7) is 1.53. The lowest BCUT2D eigenvalue weighted by Gasteiger charge is -2.06. The molecule has 6 heteroatoms. The molecule has 1 N–H and O–H groups in total. The SMILES string of the molecule is Cc1cc(NC(=O)c2ncc(F)cc2F)ccc1F. The third-order valence-electron chi connectivity index (χ3n) is 2.44. The van der Waals surface area contributed by atoms with Crippen molar-refractivity contribution in [2.45, 2.75) is 6.92 Å². The maximum Gasteiger partial charge on any atom is 0.277 e. The Bertz CT molecular complexity index is 644. The topological polar surface area (TPSA) is 42.0 Å². The molecule has 0 saturated heterocycles. The summed E-state index contributed by atoms with van der Waals surface area (Å²) in [5, 5.41) is 2.36. The summed E-state index contributed by atoms with van der Waals surface area (Å²) in [5.74, 6) is -3.17. The molecule has 0 bridgehead atoms. The molecule has 0 unspecified atom stereocenters. The Morgan fingerprint density at radius 2 is 1.89 bits per heavy atom. The van der Waals surface area contributed by atoms with Crippen LogP contribution in [0.1, 0.15) is 16.1 Å². The number of anilines is 1. The first kappa shape index (κ1) is 13.1. The summed E-state index contributed by atoms with van der Waals surface area (Å²) < 4.78 is 39.0. The molecule has 1 heterocycles. The van der Waals surface area contributed by atoms with Gasteiger partial charge in [-0.05, 0) is 30.7 Å². The van der Waals surface area contributed by atoms with Crippen LogP contribution in [0.25, 0.3) is 0 Å². The number of amides is 1. The van der Waals surface area contributed by atoms with Crippen LogP contribution < -0.4 is 5.32 Å². The van der Waals surface area contributed by atoms with E-state index in [2.05, 4.69) is 10.3 Å². The van der Waals surface area contributed by atoms with E-state index in [0.717, 1.165) is 6.20 Å². The van der Waals surface area contributed by atoms with Crippen LogP contribution in [0, 0.1) is 24.4 Å². The fraction of sp³-hybridized carbons (Fsp3) is 0.0769. The van der Waals surface area contributed by atoms with Crippen molar-refractivity contribution in [1.29, 1.82) is 0 Å². The number of nitrogens with one attached hydrogen (secondary N) is 1. The highest BCUT2D eigenvalue weighted by atomic mass is 19.1. The average Bonchev–Trinajstić information content (AvgIpc) is 2.33. The summed E-state index contributed by atoms with van der Waals surface area (Å²) in [4.78, 5) is 15.1. The fourth-order valence-corrected chi connectivity index (χ4v) is 1.49. The van der Waals surface area contributed by atoms with Gasteiger partial charge in [0.1, 0.15) is 11.6 Å². The van der Waals surface area contributed by atoms with Gasteiger partial charge in [-0.25, -0.2) is 18.2 Å². The Balaban J connectivity index is 2.23. The van der Waals surface area contributed by atoms with Gasteiger partial charge in [-0.2, -0.15) is 0 Å². The van der Waals surface area contributed by atoms with Crippen molar-refractivity contribution in [3.8, 4) is 0 Å². The normalized spacial score (nSPS) is 10.3. The monoisotopic (exact) mass is 266 g/mol. The van der Waals surface area contributed by atoms with Crippen molar-refractivity contribution < 1.29 is 18.0 Å². The zero-order valence-corrected chi connectivity index (χ0v) is 9.88. The van der Waals surface area contributed by atoms with E-state index < -0.39 is 29.1 Å². The Morgan fingerprint density at radius 1 is 1.16 bits per heavy atom. The molecule has 2 aromatic rings. The summed E-state index contributed by atoms with van der Waals surface area (Å²) in [6.07, 6.45) is 0.744. The first-order chi connectivity index (χ1) is 8.97. The van der Waals surface area contributed by atoms with Crippen LogP contribution >= 0.6 is 0 Å². The molecule has 0 aliphatic rings. The minimum Gasteiger partial charge on any atom is -0.321 e. The number of benzene rings is 1. The average molecular weight is 266 g/mol. The molecule has 3 nitrogen and oxygen atoms in total. The number of nitrogens with zero attached hydrogens (tertiary/aromatic N) is 1. The number of aryl methyl sites for hydroxylation is 1. The number of aromatic nitrogens is 1. The zero-order valence-electron chi connectivity index (χ0n) is 9.88. The molecule has 1 aromatic heterocycles. The van der Waals surface area contributed by atoms with E-state index in [1.165, 1.54) is 25.1 Å². The number of pyridine rings is 1. The van der Waals surface area contributed by atoms with E-state index in [9.17, 15) is 18.0 Å². The molecule has 0 spiro atoms. The van der Waals surface area contributed by atoms with Gasteiger partial charge in [-0.15, -0.1) is 0 Å². The molecule has 0 saturated carbocycles. The predicted octanol–water partition coefficient (Wildman–Crippen LogP) is 3.06. The summed E-state index contributed by atoms with van der Waals surface area (Å²) in [6, 6.07) is 4.48. The molecule has 2 rings (SSSR count). The zero-order chi connectivity index (χ0) is 14.0. The van der Waals surface area contributed by atoms with E-state index >= 15 is 0 Å². The van der Waals surface area contributed by atoms with Crippen molar-refractivity contribution in [1.82, 2.24) is 4.98 Å². The highest BCUT2D eigenvalue weighted by molar-refractivity contribution is 6.03. The van der Waals surface area contributed by atoms with Crippen LogP contribution in [-0.4, -0.2) is 10.9 Å². The summed E-state index contributed by atoms with van der Waals surface area (Å²) >= 11 is 0. The quantitative estimate of drug-likeness (QED) is 0.907. The third-order valence-corrected chi connectivity index (χ3v) is 2.44. The predicted molar refractivity (Wildman–Crippen MR) is 63.2 cm³/mol. The molecule has 0 aliphatic carbocycles. The molecule has 19 heavy (non-hydrogen) atoms. The smallest absolute Gasteiger partial charge is 0.277 e.